The van der Waals surface area contributed by atoms with E-state index in [9.17, 15) is 0 Å². The fourth-order valence-electron chi connectivity index (χ4n) is 0.737. The molecular weight excluding hydrogens is 196 g/mol. The molecule has 2 atom stereocenters. The zero-order valence-electron chi connectivity index (χ0n) is 7.34. The highest BCUT2D eigenvalue weighted by Gasteiger charge is 2.25. The molecule has 2 nitrogen and oxygen atoms in total. The number of ether oxygens (including phenoxy) is 2. The Hall–Kier alpha value is -0.0400. The van der Waals surface area contributed by atoms with Crippen molar-refractivity contribution < 1.29 is 12.2 Å². The summed E-state index contributed by atoms with van der Waals surface area (Å²) in [5.41, 5.74) is 0. The fraction of sp³-hybridized carbons (Fsp3) is 0.714. The van der Waals surface area contributed by atoms with Crippen LogP contribution in [0.5, 0.6) is 0 Å². The molecule has 56 valence electrons. The van der Waals surface area contributed by atoms with Gasteiger partial charge in [0.1, 0.15) is 6.56 Å². The minimum absolute atomic E-state index is 0.0286. The molecule has 0 N–H and O–H groups in total. The van der Waals surface area contributed by atoms with Crippen molar-refractivity contribution in [1.82, 2.24) is 0 Å². The third kappa shape index (κ3) is 1.98. The zero-order chi connectivity index (χ0) is 9.19. The molecule has 0 aliphatic carbocycles. The Bertz CT molecular complexity index is 202. The maximum absolute atomic E-state index is 7.14. The van der Waals surface area contributed by atoms with Gasteiger partial charge in [0.25, 0.3) is 0 Å². The number of halogens is 1. The number of rotatable bonds is 2. The maximum Gasteiger partial charge on any atom is 0.171 e. The Balaban J connectivity index is 2.46. The van der Waals surface area contributed by atoms with Crippen molar-refractivity contribution in [2.24, 2.45) is 0 Å². The normalized spacial score (nSPS) is 36.4. The van der Waals surface area contributed by atoms with Crippen molar-refractivity contribution >= 4 is 15.9 Å². The van der Waals surface area contributed by atoms with Crippen LogP contribution in [0, 0.1) is 12.3 Å². The van der Waals surface area contributed by atoms with Gasteiger partial charge in [-0.05, 0) is 6.42 Å². The second kappa shape index (κ2) is 3.97. The van der Waals surface area contributed by atoms with Crippen LogP contribution in [0.4, 0.5) is 0 Å². The summed E-state index contributed by atoms with van der Waals surface area (Å²) in [5, 5.41) is 0. The number of terminal acetylenes is 1. The summed E-state index contributed by atoms with van der Waals surface area (Å²) in [5.74, 6) is 1.90. The Morgan fingerprint density at radius 3 is 3.30 bits per heavy atom. The summed E-state index contributed by atoms with van der Waals surface area (Å²) in [4.78, 5) is 0.0286. The molecule has 0 aromatic heterocycles. The lowest BCUT2D eigenvalue weighted by Gasteiger charge is -2.11. The van der Waals surface area contributed by atoms with Crippen LogP contribution < -0.4 is 0 Å². The first-order chi connectivity index (χ1) is 5.55. The molecule has 1 aliphatic rings. The zero-order valence-corrected chi connectivity index (χ0v) is 6.93. The highest BCUT2D eigenvalue weighted by atomic mass is 79.9. The van der Waals surface area contributed by atoms with Crippen LogP contribution in [0.2, 0.25) is 0 Å². The molecule has 2 unspecified atom stereocenters. The van der Waals surface area contributed by atoms with Crippen molar-refractivity contribution in [3.8, 4) is 12.3 Å². The van der Waals surface area contributed by atoms with E-state index < -0.39 is 12.8 Å². The number of hydrogen-bond acceptors (Lipinski definition) is 2. The lowest BCUT2D eigenvalue weighted by atomic mass is 10.4. The van der Waals surface area contributed by atoms with Gasteiger partial charge in [0.05, 0.1) is 14.2 Å². The van der Waals surface area contributed by atoms with Crippen molar-refractivity contribution in [3.63, 3.8) is 0 Å². The third-order valence-electron chi connectivity index (χ3n) is 1.21. The van der Waals surface area contributed by atoms with Gasteiger partial charge >= 0.3 is 0 Å². The summed E-state index contributed by atoms with van der Waals surface area (Å²) >= 11 is 3.30. The standard InChI is InChI=1S/C7H9BrO2/c1-2-4-9-7-6(8)3-5-10-7/h1,6-7H,3-5H2/i4D2. The highest BCUT2D eigenvalue weighted by Crippen LogP contribution is 2.21. The number of alkyl halides is 1. The van der Waals surface area contributed by atoms with Crippen LogP contribution in [-0.4, -0.2) is 24.3 Å². The van der Waals surface area contributed by atoms with E-state index in [0.717, 1.165) is 6.42 Å². The van der Waals surface area contributed by atoms with Gasteiger partial charge < -0.3 is 9.47 Å². The predicted octanol–water partition coefficient (Wildman–Crippen LogP) is 1.15. The van der Waals surface area contributed by atoms with E-state index in [2.05, 4.69) is 15.9 Å². The molecule has 1 saturated heterocycles. The summed E-state index contributed by atoms with van der Waals surface area (Å²) < 4.78 is 24.3. The van der Waals surface area contributed by atoms with Crippen molar-refractivity contribution in [1.29, 1.82) is 0 Å². The molecule has 0 spiro atoms. The first kappa shape index (κ1) is 5.59. The van der Waals surface area contributed by atoms with Gasteiger partial charge in [-0.25, -0.2) is 0 Å². The summed E-state index contributed by atoms with van der Waals surface area (Å²) in [7, 11) is 0. The molecule has 1 heterocycles. The van der Waals surface area contributed by atoms with Crippen LogP contribution in [0.3, 0.4) is 0 Å². The quantitative estimate of drug-likeness (QED) is 0.499. The van der Waals surface area contributed by atoms with Gasteiger partial charge in [-0.1, -0.05) is 21.9 Å². The summed E-state index contributed by atoms with van der Waals surface area (Å²) in [6.07, 6.45) is 5.15. The topological polar surface area (TPSA) is 18.5 Å². The molecular formula is C7H9BrO2. The smallest absolute Gasteiger partial charge is 0.171 e. The fourth-order valence-corrected chi connectivity index (χ4v) is 1.18. The van der Waals surface area contributed by atoms with Crippen molar-refractivity contribution in [3.05, 3.63) is 0 Å². The Kier molecular flexibility index (Phi) is 2.22. The minimum atomic E-state index is -2.04. The van der Waals surface area contributed by atoms with Crippen molar-refractivity contribution in [2.75, 3.05) is 13.2 Å². The van der Waals surface area contributed by atoms with Crippen LogP contribution >= 0.6 is 15.9 Å². The summed E-state index contributed by atoms with van der Waals surface area (Å²) in [6, 6.07) is 0. The Labute approximate surface area is 71.8 Å². The molecule has 10 heavy (non-hydrogen) atoms. The van der Waals surface area contributed by atoms with Gasteiger partial charge in [-0.15, -0.1) is 6.42 Å². The van der Waals surface area contributed by atoms with Gasteiger partial charge in [-0.3, -0.25) is 0 Å². The molecule has 0 aromatic carbocycles. The molecule has 0 radical (unpaired) electrons. The highest BCUT2D eigenvalue weighted by molar-refractivity contribution is 9.09. The van der Waals surface area contributed by atoms with E-state index in [4.69, 9.17) is 18.6 Å². The first-order valence-electron chi connectivity index (χ1n) is 3.96. The lowest BCUT2D eigenvalue weighted by Crippen LogP contribution is -2.19. The third-order valence-corrected chi connectivity index (χ3v) is 2.09. The molecule has 0 saturated carbocycles. The van der Waals surface area contributed by atoms with Crippen LogP contribution in [0.25, 0.3) is 0 Å². The molecule has 1 fully saturated rings. The predicted molar refractivity (Wildman–Crippen MR) is 41.9 cm³/mol. The van der Waals surface area contributed by atoms with Gasteiger partial charge in [-0.2, -0.15) is 0 Å². The van der Waals surface area contributed by atoms with Crippen LogP contribution in [0.1, 0.15) is 9.16 Å². The minimum Gasteiger partial charge on any atom is -0.351 e. The Morgan fingerprint density at radius 2 is 2.80 bits per heavy atom. The molecule has 3 heteroatoms. The second-order valence-electron chi connectivity index (χ2n) is 1.91. The van der Waals surface area contributed by atoms with Gasteiger partial charge in [0, 0.05) is 0 Å². The maximum atomic E-state index is 7.14. The van der Waals surface area contributed by atoms with Crippen LogP contribution in [0.15, 0.2) is 0 Å². The molecule has 0 bridgehead atoms. The van der Waals surface area contributed by atoms with Gasteiger partial charge in [0.2, 0.25) is 0 Å². The van der Waals surface area contributed by atoms with E-state index in [1.165, 1.54) is 0 Å². The molecule has 0 amide bonds. The molecule has 1 rings (SSSR count). The average Bonchev–Trinajstić information content (AvgIpc) is 2.36. The van der Waals surface area contributed by atoms with Gasteiger partial charge in [0.15, 0.2) is 6.29 Å². The second-order valence-corrected chi connectivity index (χ2v) is 3.08. The van der Waals surface area contributed by atoms with E-state index in [-0.39, 0.29) is 4.83 Å². The average molecular weight is 207 g/mol. The monoisotopic (exact) mass is 206 g/mol. The largest absolute Gasteiger partial charge is 0.351 e. The van der Waals surface area contributed by atoms with E-state index >= 15 is 0 Å². The number of hydrogen-bond donors (Lipinski definition) is 0. The SMILES string of the molecule is [2H]C([2H])(C#C)OC1OCCC1Br. The Morgan fingerprint density at radius 1 is 2.00 bits per heavy atom. The molecule has 0 aromatic rings. The van der Waals surface area contributed by atoms with Crippen molar-refractivity contribution in [2.45, 2.75) is 17.5 Å². The summed E-state index contributed by atoms with van der Waals surface area (Å²) in [6.45, 7) is -1.47. The first-order valence-corrected chi connectivity index (χ1v) is 3.88. The van der Waals surface area contributed by atoms with E-state index in [1.807, 2.05) is 5.92 Å². The molecule has 1 aliphatic heterocycles. The van der Waals surface area contributed by atoms with E-state index in [1.54, 1.807) is 0 Å². The van der Waals surface area contributed by atoms with E-state index in [0.29, 0.717) is 6.61 Å². The lowest BCUT2D eigenvalue weighted by molar-refractivity contribution is -0.0961. The van der Waals surface area contributed by atoms with Crippen LogP contribution in [-0.2, 0) is 9.47 Å².